The molecule has 0 aliphatic carbocycles. The van der Waals surface area contributed by atoms with Crippen LogP contribution in [0.4, 0.5) is 30.6 Å². The zero-order valence-corrected chi connectivity index (χ0v) is 16.2. The Labute approximate surface area is 174 Å². The van der Waals surface area contributed by atoms with Crippen LogP contribution >= 0.6 is 0 Å². The number of aldehydes is 1. The minimum absolute atomic E-state index is 0.0494. The standard InChI is InChI=1S/C20H18F3N5O3/c21-20(22,23)13-7-24-17-15(13)18(25-11-3-5-30-9-11)28-19(27-17)26-14-2-1-10(8-29)12-4-6-31-16(12)14/h1-2,7-8,11H,3-6,9H2,(H3,24,25,26,27,28). The molecule has 2 aliphatic heterocycles. The monoisotopic (exact) mass is 433 g/mol. The number of hydrogen-bond acceptors (Lipinski definition) is 7. The van der Waals surface area contributed by atoms with Crippen molar-refractivity contribution in [3.05, 3.63) is 35.0 Å². The van der Waals surface area contributed by atoms with Crippen molar-refractivity contribution in [1.82, 2.24) is 15.0 Å². The lowest BCUT2D eigenvalue weighted by Crippen LogP contribution is -2.21. The van der Waals surface area contributed by atoms with Gasteiger partial charge in [-0.25, -0.2) is 0 Å². The van der Waals surface area contributed by atoms with Gasteiger partial charge in [0, 0.05) is 30.4 Å². The molecule has 5 rings (SSSR count). The highest BCUT2D eigenvalue weighted by molar-refractivity contribution is 5.92. The molecule has 0 radical (unpaired) electrons. The van der Waals surface area contributed by atoms with Crippen LogP contribution in [-0.4, -0.2) is 47.1 Å². The molecule has 8 nitrogen and oxygen atoms in total. The van der Waals surface area contributed by atoms with Crippen molar-refractivity contribution < 1.29 is 27.4 Å². The average molecular weight is 433 g/mol. The third-order valence-electron chi connectivity index (χ3n) is 5.38. The van der Waals surface area contributed by atoms with Crippen molar-refractivity contribution in [2.45, 2.75) is 25.1 Å². The molecule has 1 unspecified atom stereocenters. The van der Waals surface area contributed by atoms with Crippen molar-refractivity contribution >= 4 is 34.8 Å². The molecule has 0 bridgehead atoms. The summed E-state index contributed by atoms with van der Waals surface area (Å²) in [5.74, 6) is 0.689. The van der Waals surface area contributed by atoms with Crippen LogP contribution in [0.15, 0.2) is 18.3 Å². The number of fused-ring (bicyclic) bond motifs is 2. The van der Waals surface area contributed by atoms with Crippen molar-refractivity contribution in [2.24, 2.45) is 0 Å². The van der Waals surface area contributed by atoms with E-state index in [1.165, 1.54) is 0 Å². The fraction of sp³-hybridized carbons (Fsp3) is 0.350. The lowest BCUT2D eigenvalue weighted by atomic mass is 10.1. The molecule has 31 heavy (non-hydrogen) atoms. The van der Waals surface area contributed by atoms with Crippen molar-refractivity contribution in [1.29, 1.82) is 0 Å². The molecule has 1 aromatic carbocycles. The summed E-state index contributed by atoms with van der Waals surface area (Å²) in [6, 6.07) is 3.17. The first kappa shape index (κ1) is 19.6. The van der Waals surface area contributed by atoms with Crippen LogP contribution in [0.3, 0.4) is 0 Å². The third kappa shape index (κ3) is 3.54. The van der Waals surface area contributed by atoms with Crippen LogP contribution in [0.1, 0.15) is 27.9 Å². The van der Waals surface area contributed by atoms with Crippen LogP contribution in [0.25, 0.3) is 11.0 Å². The number of nitrogens with one attached hydrogen (secondary N) is 3. The van der Waals surface area contributed by atoms with Crippen LogP contribution in [0.2, 0.25) is 0 Å². The van der Waals surface area contributed by atoms with E-state index in [2.05, 4.69) is 25.6 Å². The number of carbonyl (C=O) groups excluding carboxylic acids is 1. The number of halogens is 3. The van der Waals surface area contributed by atoms with E-state index < -0.39 is 11.7 Å². The normalized spacial score (nSPS) is 18.1. The molecule has 1 saturated heterocycles. The minimum Gasteiger partial charge on any atom is -0.491 e. The van der Waals surface area contributed by atoms with Gasteiger partial charge in [0.1, 0.15) is 23.5 Å². The Morgan fingerprint density at radius 2 is 2.10 bits per heavy atom. The number of hydrogen-bond donors (Lipinski definition) is 3. The summed E-state index contributed by atoms with van der Waals surface area (Å²) in [5, 5.41) is 5.97. The Balaban J connectivity index is 1.57. The summed E-state index contributed by atoms with van der Waals surface area (Å²) in [4.78, 5) is 22.4. The first-order valence-corrected chi connectivity index (χ1v) is 9.75. The maximum Gasteiger partial charge on any atom is 0.418 e. The van der Waals surface area contributed by atoms with Gasteiger partial charge in [0.25, 0.3) is 0 Å². The molecule has 0 spiro atoms. The number of aromatic nitrogens is 3. The summed E-state index contributed by atoms with van der Waals surface area (Å²) < 4.78 is 51.5. The summed E-state index contributed by atoms with van der Waals surface area (Å²) in [7, 11) is 0. The average Bonchev–Trinajstić information content (AvgIpc) is 3.48. The van der Waals surface area contributed by atoms with Gasteiger partial charge in [-0.15, -0.1) is 0 Å². The van der Waals surface area contributed by atoms with Gasteiger partial charge in [0.05, 0.1) is 35.9 Å². The Morgan fingerprint density at radius 3 is 2.84 bits per heavy atom. The first-order chi connectivity index (χ1) is 14.9. The highest BCUT2D eigenvalue weighted by atomic mass is 19.4. The second kappa shape index (κ2) is 7.41. The SMILES string of the molecule is O=Cc1ccc(Nc2nc(NC3CCOC3)c3c(C(F)(F)F)c[nH]c3n2)c2c1CCO2. The molecule has 1 fully saturated rings. The van der Waals surface area contributed by atoms with Gasteiger partial charge in [-0.2, -0.15) is 23.1 Å². The van der Waals surface area contributed by atoms with Gasteiger partial charge in [-0.1, -0.05) is 0 Å². The zero-order chi connectivity index (χ0) is 21.6. The number of alkyl halides is 3. The zero-order valence-electron chi connectivity index (χ0n) is 16.2. The van der Waals surface area contributed by atoms with Crippen molar-refractivity contribution in [3.63, 3.8) is 0 Å². The van der Waals surface area contributed by atoms with Crippen molar-refractivity contribution in [3.8, 4) is 5.75 Å². The van der Waals surface area contributed by atoms with Crippen LogP contribution in [0, 0.1) is 0 Å². The lowest BCUT2D eigenvalue weighted by Gasteiger charge is -2.16. The molecular weight excluding hydrogens is 415 g/mol. The molecule has 3 N–H and O–H groups in total. The molecule has 1 atom stereocenters. The van der Waals surface area contributed by atoms with Crippen LogP contribution in [0.5, 0.6) is 5.75 Å². The smallest absolute Gasteiger partial charge is 0.418 e. The number of H-pyrrole nitrogens is 1. The number of rotatable bonds is 5. The number of benzene rings is 1. The number of anilines is 3. The molecule has 3 aromatic rings. The predicted octanol–water partition coefficient (Wildman–Crippen LogP) is 3.67. The fourth-order valence-corrected chi connectivity index (χ4v) is 3.91. The summed E-state index contributed by atoms with van der Waals surface area (Å²) in [6.07, 6.45) is -1.64. The molecule has 0 saturated carbocycles. The maximum atomic E-state index is 13.5. The second-order valence-corrected chi connectivity index (χ2v) is 7.38. The molecule has 11 heteroatoms. The van der Waals surface area contributed by atoms with Gasteiger partial charge >= 0.3 is 6.18 Å². The van der Waals surface area contributed by atoms with E-state index in [1.807, 2.05) is 0 Å². The van der Waals surface area contributed by atoms with Gasteiger partial charge < -0.3 is 25.1 Å². The molecule has 2 aromatic heterocycles. The van der Waals surface area contributed by atoms with E-state index in [0.29, 0.717) is 49.7 Å². The number of ether oxygens (including phenoxy) is 2. The van der Waals surface area contributed by atoms with E-state index in [-0.39, 0.29) is 28.8 Å². The Bertz CT molecular complexity index is 1160. The molecule has 162 valence electrons. The molecule has 4 heterocycles. The maximum absolute atomic E-state index is 13.5. The van der Waals surface area contributed by atoms with E-state index >= 15 is 0 Å². The van der Waals surface area contributed by atoms with E-state index in [4.69, 9.17) is 9.47 Å². The lowest BCUT2D eigenvalue weighted by molar-refractivity contribution is -0.136. The second-order valence-electron chi connectivity index (χ2n) is 7.38. The van der Waals surface area contributed by atoms with E-state index in [0.717, 1.165) is 18.0 Å². The number of aromatic amines is 1. The largest absolute Gasteiger partial charge is 0.491 e. The number of nitrogens with zero attached hydrogens (tertiary/aromatic N) is 2. The Kier molecular flexibility index (Phi) is 4.69. The summed E-state index contributed by atoms with van der Waals surface area (Å²) >= 11 is 0. The fourth-order valence-electron chi connectivity index (χ4n) is 3.91. The van der Waals surface area contributed by atoms with Gasteiger partial charge in [0.15, 0.2) is 0 Å². The quantitative estimate of drug-likeness (QED) is 0.528. The van der Waals surface area contributed by atoms with Crippen LogP contribution < -0.4 is 15.4 Å². The molecule has 2 aliphatic rings. The molecular formula is C20H18F3N5O3. The summed E-state index contributed by atoms with van der Waals surface area (Å²) in [6.45, 7) is 1.35. The van der Waals surface area contributed by atoms with Gasteiger partial charge in [0.2, 0.25) is 5.95 Å². The minimum atomic E-state index is -4.56. The Morgan fingerprint density at radius 1 is 1.23 bits per heavy atom. The van der Waals surface area contributed by atoms with E-state index in [1.54, 1.807) is 12.1 Å². The van der Waals surface area contributed by atoms with Gasteiger partial charge in [-0.3, -0.25) is 4.79 Å². The van der Waals surface area contributed by atoms with Gasteiger partial charge in [-0.05, 0) is 18.6 Å². The number of carbonyl (C=O) groups is 1. The highest BCUT2D eigenvalue weighted by Gasteiger charge is 2.36. The summed E-state index contributed by atoms with van der Waals surface area (Å²) in [5.41, 5.74) is 1.07. The molecule has 0 amide bonds. The predicted molar refractivity (Wildman–Crippen MR) is 106 cm³/mol. The third-order valence-corrected chi connectivity index (χ3v) is 5.38. The van der Waals surface area contributed by atoms with Crippen LogP contribution in [-0.2, 0) is 17.3 Å². The van der Waals surface area contributed by atoms with Crippen molar-refractivity contribution in [2.75, 3.05) is 30.5 Å². The highest BCUT2D eigenvalue weighted by Crippen LogP contribution is 2.40. The van der Waals surface area contributed by atoms with E-state index in [9.17, 15) is 18.0 Å². The first-order valence-electron chi connectivity index (χ1n) is 9.75. The Hall–Kier alpha value is -3.34. The topological polar surface area (TPSA) is 101 Å².